The predicted molar refractivity (Wildman–Crippen MR) is 124 cm³/mol. The van der Waals surface area contributed by atoms with Crippen LogP contribution in [-0.4, -0.2) is 41.5 Å². The third-order valence-corrected chi connectivity index (χ3v) is 5.35. The molecule has 0 fully saturated rings. The molecule has 3 aromatic heterocycles. The number of ether oxygens (including phenoxy) is 1. The molecule has 0 aliphatic carbocycles. The third-order valence-electron chi connectivity index (χ3n) is 5.35. The van der Waals surface area contributed by atoms with E-state index in [1.807, 2.05) is 43.3 Å². The Hall–Kier alpha value is -3.92. The molecule has 1 atom stereocenters. The van der Waals surface area contributed by atoms with Crippen LogP contribution < -0.4 is 21.3 Å². The fraction of sp³-hybridized carbons (Fsp3) is 0.304. The summed E-state index contributed by atoms with van der Waals surface area (Å²) in [6, 6.07) is 11.3. The lowest BCUT2D eigenvalue weighted by Crippen LogP contribution is -2.38. The molecule has 0 spiro atoms. The van der Waals surface area contributed by atoms with E-state index in [0.29, 0.717) is 18.2 Å². The van der Waals surface area contributed by atoms with E-state index in [9.17, 15) is 14.7 Å². The SMILES string of the molecule is Cc1cccc(OC[C@H](O)Cn2c(NCc3cccnc3)nc3c2c(=O)n(C)c(=O)n3C)c1. The van der Waals surface area contributed by atoms with Crippen LogP contribution in [0.15, 0.2) is 58.4 Å². The fourth-order valence-electron chi connectivity index (χ4n) is 3.60. The molecule has 10 nitrogen and oxygen atoms in total. The Kier molecular flexibility index (Phi) is 6.27. The molecule has 33 heavy (non-hydrogen) atoms. The molecule has 0 unspecified atom stereocenters. The number of benzene rings is 1. The average molecular weight is 450 g/mol. The van der Waals surface area contributed by atoms with Crippen LogP contribution in [0.2, 0.25) is 0 Å². The van der Waals surface area contributed by atoms with Crippen LogP contribution >= 0.6 is 0 Å². The lowest BCUT2D eigenvalue weighted by Gasteiger charge is -2.16. The van der Waals surface area contributed by atoms with Crippen molar-refractivity contribution in [3.8, 4) is 5.75 Å². The van der Waals surface area contributed by atoms with E-state index in [-0.39, 0.29) is 24.3 Å². The lowest BCUT2D eigenvalue weighted by atomic mass is 10.2. The van der Waals surface area contributed by atoms with Gasteiger partial charge in [0.2, 0.25) is 5.95 Å². The third kappa shape index (κ3) is 4.65. The Balaban J connectivity index is 1.66. The first kappa shape index (κ1) is 22.3. The molecule has 4 aromatic rings. The Morgan fingerprint density at radius 3 is 2.70 bits per heavy atom. The van der Waals surface area contributed by atoms with Crippen LogP contribution in [0.25, 0.3) is 11.2 Å². The number of anilines is 1. The number of aliphatic hydroxyl groups is 1. The molecule has 2 N–H and O–H groups in total. The molecule has 0 saturated carbocycles. The van der Waals surface area contributed by atoms with Crippen molar-refractivity contribution in [2.24, 2.45) is 14.1 Å². The van der Waals surface area contributed by atoms with Crippen molar-refractivity contribution in [1.29, 1.82) is 0 Å². The Bertz CT molecular complexity index is 1390. The summed E-state index contributed by atoms with van der Waals surface area (Å²) >= 11 is 0. The summed E-state index contributed by atoms with van der Waals surface area (Å²) < 4.78 is 9.67. The number of hydrogen-bond acceptors (Lipinski definition) is 7. The van der Waals surface area contributed by atoms with E-state index in [4.69, 9.17) is 4.74 Å². The Labute approximate surface area is 189 Å². The molecule has 0 radical (unpaired) electrons. The van der Waals surface area contributed by atoms with Gasteiger partial charge in [-0.3, -0.25) is 18.9 Å². The highest BCUT2D eigenvalue weighted by molar-refractivity contribution is 5.74. The van der Waals surface area contributed by atoms with Gasteiger partial charge < -0.3 is 19.7 Å². The normalized spacial score (nSPS) is 12.1. The van der Waals surface area contributed by atoms with E-state index in [1.54, 1.807) is 24.0 Å². The highest BCUT2D eigenvalue weighted by atomic mass is 16.5. The van der Waals surface area contributed by atoms with Crippen molar-refractivity contribution in [3.05, 3.63) is 80.8 Å². The summed E-state index contributed by atoms with van der Waals surface area (Å²) in [7, 11) is 2.98. The first-order valence-electron chi connectivity index (χ1n) is 10.5. The number of pyridine rings is 1. The molecule has 0 aliphatic heterocycles. The molecule has 0 saturated heterocycles. The monoisotopic (exact) mass is 450 g/mol. The minimum Gasteiger partial charge on any atom is -0.491 e. The smallest absolute Gasteiger partial charge is 0.332 e. The predicted octanol–water partition coefficient (Wildman–Crippen LogP) is 1.19. The van der Waals surface area contributed by atoms with Gasteiger partial charge >= 0.3 is 5.69 Å². The number of nitrogens with one attached hydrogen (secondary N) is 1. The van der Waals surface area contributed by atoms with Crippen LogP contribution in [0.5, 0.6) is 5.75 Å². The second kappa shape index (κ2) is 9.29. The summed E-state index contributed by atoms with van der Waals surface area (Å²) in [5, 5.41) is 13.9. The van der Waals surface area contributed by atoms with Gasteiger partial charge in [-0.1, -0.05) is 18.2 Å². The van der Waals surface area contributed by atoms with Gasteiger partial charge in [0.15, 0.2) is 11.2 Å². The van der Waals surface area contributed by atoms with E-state index in [1.165, 1.54) is 11.6 Å². The molecule has 1 aromatic carbocycles. The van der Waals surface area contributed by atoms with Crippen molar-refractivity contribution < 1.29 is 9.84 Å². The highest BCUT2D eigenvalue weighted by Gasteiger charge is 2.21. The van der Waals surface area contributed by atoms with Crippen LogP contribution in [0, 0.1) is 6.92 Å². The van der Waals surface area contributed by atoms with Gasteiger partial charge in [0.1, 0.15) is 18.5 Å². The molecule has 3 heterocycles. The molecule has 0 aliphatic rings. The van der Waals surface area contributed by atoms with Gasteiger partial charge in [0, 0.05) is 33.0 Å². The van der Waals surface area contributed by atoms with Gasteiger partial charge in [-0.25, -0.2) is 4.79 Å². The Morgan fingerprint density at radius 1 is 1.15 bits per heavy atom. The van der Waals surface area contributed by atoms with Gasteiger partial charge in [-0.15, -0.1) is 0 Å². The largest absolute Gasteiger partial charge is 0.491 e. The quantitative estimate of drug-likeness (QED) is 0.414. The zero-order chi connectivity index (χ0) is 23.5. The molecule has 0 amide bonds. The van der Waals surface area contributed by atoms with Crippen LogP contribution in [0.4, 0.5) is 5.95 Å². The number of aliphatic hydroxyl groups excluding tert-OH is 1. The van der Waals surface area contributed by atoms with E-state index < -0.39 is 17.4 Å². The van der Waals surface area contributed by atoms with Crippen molar-refractivity contribution in [2.75, 3.05) is 11.9 Å². The lowest BCUT2D eigenvalue weighted by molar-refractivity contribution is 0.0938. The molecule has 10 heteroatoms. The zero-order valence-electron chi connectivity index (χ0n) is 18.7. The van der Waals surface area contributed by atoms with Crippen molar-refractivity contribution in [1.82, 2.24) is 23.7 Å². The molecule has 0 bridgehead atoms. The summed E-state index contributed by atoms with van der Waals surface area (Å²) in [6.45, 7) is 2.44. The number of aromatic nitrogens is 5. The van der Waals surface area contributed by atoms with Crippen molar-refractivity contribution in [2.45, 2.75) is 26.1 Å². The van der Waals surface area contributed by atoms with Crippen LogP contribution in [0.3, 0.4) is 0 Å². The van der Waals surface area contributed by atoms with E-state index in [0.717, 1.165) is 15.7 Å². The number of rotatable bonds is 8. The van der Waals surface area contributed by atoms with Crippen LogP contribution in [0.1, 0.15) is 11.1 Å². The summed E-state index contributed by atoms with van der Waals surface area (Å²) in [4.78, 5) is 33.9. The number of aryl methyl sites for hydroxylation is 2. The first-order chi connectivity index (χ1) is 15.8. The minimum absolute atomic E-state index is 0.0251. The number of imidazole rings is 1. The number of nitrogens with zero attached hydrogens (tertiary/aromatic N) is 5. The molecule has 4 rings (SSSR count). The van der Waals surface area contributed by atoms with E-state index in [2.05, 4.69) is 15.3 Å². The minimum atomic E-state index is -0.927. The van der Waals surface area contributed by atoms with Gasteiger partial charge in [0.25, 0.3) is 5.56 Å². The van der Waals surface area contributed by atoms with Crippen molar-refractivity contribution in [3.63, 3.8) is 0 Å². The summed E-state index contributed by atoms with van der Waals surface area (Å²) in [6.07, 6.45) is 2.48. The van der Waals surface area contributed by atoms with Crippen molar-refractivity contribution >= 4 is 17.1 Å². The first-order valence-corrected chi connectivity index (χ1v) is 10.5. The standard InChI is InChI=1S/C23H26N6O4/c1-15-6-4-8-18(10-15)33-14-17(30)13-29-19-20(27(2)23(32)28(3)21(19)31)26-22(29)25-12-16-7-5-9-24-11-16/h4-11,17,30H,12-14H2,1-3H3,(H,25,26)/t17-/m1/s1. The van der Waals surface area contributed by atoms with Crippen LogP contribution in [-0.2, 0) is 27.2 Å². The second-order valence-corrected chi connectivity index (χ2v) is 7.92. The van der Waals surface area contributed by atoms with Gasteiger partial charge in [-0.2, -0.15) is 4.98 Å². The maximum Gasteiger partial charge on any atom is 0.332 e. The van der Waals surface area contributed by atoms with Gasteiger partial charge in [-0.05, 0) is 36.2 Å². The summed E-state index contributed by atoms with van der Waals surface area (Å²) in [5.41, 5.74) is 1.47. The number of fused-ring (bicyclic) bond motifs is 1. The Morgan fingerprint density at radius 2 is 1.97 bits per heavy atom. The van der Waals surface area contributed by atoms with Gasteiger partial charge in [0.05, 0.1) is 6.54 Å². The fourth-order valence-corrected chi connectivity index (χ4v) is 3.60. The summed E-state index contributed by atoms with van der Waals surface area (Å²) in [5.74, 6) is 1.01. The topological polar surface area (TPSA) is 116 Å². The average Bonchev–Trinajstić information content (AvgIpc) is 3.17. The molecular weight excluding hydrogens is 424 g/mol. The second-order valence-electron chi connectivity index (χ2n) is 7.92. The number of hydrogen-bond donors (Lipinski definition) is 2. The zero-order valence-corrected chi connectivity index (χ0v) is 18.7. The maximum absolute atomic E-state index is 12.9. The molecule has 172 valence electrons. The molecular formula is C23H26N6O4. The maximum atomic E-state index is 12.9. The highest BCUT2D eigenvalue weighted by Crippen LogP contribution is 2.18. The van der Waals surface area contributed by atoms with E-state index >= 15 is 0 Å².